The summed E-state index contributed by atoms with van der Waals surface area (Å²) in [6.07, 6.45) is 69.4. The number of carbonyl (C=O) groups is 4. The van der Waals surface area contributed by atoms with Gasteiger partial charge in [-0.05, 0) is 31.6 Å². The van der Waals surface area contributed by atoms with Gasteiger partial charge in [0.2, 0.25) is 0 Å². The number of hydrogen-bond acceptors (Lipinski definition) is 15. The summed E-state index contributed by atoms with van der Waals surface area (Å²) in [7, 11) is -9.92. The number of hydrogen-bond donors (Lipinski definition) is 3. The first-order valence-corrected chi connectivity index (χ1v) is 46.7. The second kappa shape index (κ2) is 76.8. The molecule has 0 saturated heterocycles. The van der Waals surface area contributed by atoms with Gasteiger partial charge in [0.1, 0.15) is 19.3 Å². The van der Waals surface area contributed by atoms with Gasteiger partial charge in [-0.2, -0.15) is 0 Å². The van der Waals surface area contributed by atoms with Crippen LogP contribution in [0, 0.1) is 5.92 Å². The van der Waals surface area contributed by atoms with Crippen LogP contribution in [0.4, 0.5) is 0 Å². The second-order valence-electron chi connectivity index (χ2n) is 30.5. The van der Waals surface area contributed by atoms with Crippen LogP contribution in [0.15, 0.2) is 0 Å². The first kappa shape index (κ1) is 101. The molecule has 3 unspecified atom stereocenters. The Morgan fingerprint density at radius 2 is 0.466 bits per heavy atom. The largest absolute Gasteiger partial charge is 0.472 e. The molecule has 0 aromatic heterocycles. The number of carbonyl (C=O) groups excluding carboxylic acids is 4. The van der Waals surface area contributed by atoms with Gasteiger partial charge in [0, 0.05) is 25.7 Å². The van der Waals surface area contributed by atoms with Crippen molar-refractivity contribution in [3.8, 4) is 0 Å². The highest BCUT2D eigenvalue weighted by Crippen LogP contribution is 2.45. The van der Waals surface area contributed by atoms with Crippen LogP contribution in [0.25, 0.3) is 0 Å². The first-order chi connectivity index (χ1) is 50.1. The van der Waals surface area contributed by atoms with Crippen molar-refractivity contribution < 1.29 is 80.2 Å². The smallest absolute Gasteiger partial charge is 0.462 e. The first-order valence-electron chi connectivity index (χ1n) is 43.7. The zero-order valence-corrected chi connectivity index (χ0v) is 69.3. The molecule has 0 saturated carbocycles. The van der Waals surface area contributed by atoms with Crippen LogP contribution in [0.5, 0.6) is 0 Å². The van der Waals surface area contributed by atoms with Crippen LogP contribution in [0.1, 0.15) is 452 Å². The predicted octanol–water partition coefficient (Wildman–Crippen LogP) is 25.6. The quantitative estimate of drug-likeness (QED) is 0.0222. The van der Waals surface area contributed by atoms with Crippen molar-refractivity contribution in [2.24, 2.45) is 5.92 Å². The third kappa shape index (κ3) is 76.6. The number of aliphatic hydroxyl groups is 1. The van der Waals surface area contributed by atoms with E-state index in [2.05, 4.69) is 34.6 Å². The second-order valence-corrected chi connectivity index (χ2v) is 33.4. The van der Waals surface area contributed by atoms with E-state index in [1.165, 1.54) is 276 Å². The molecule has 19 heteroatoms. The molecular formula is C84H164O17P2. The average Bonchev–Trinajstić information content (AvgIpc) is 0.927. The van der Waals surface area contributed by atoms with Crippen LogP contribution in [0.3, 0.4) is 0 Å². The van der Waals surface area contributed by atoms with E-state index in [0.717, 1.165) is 95.8 Å². The molecule has 0 amide bonds. The fourth-order valence-corrected chi connectivity index (χ4v) is 14.7. The summed E-state index contributed by atoms with van der Waals surface area (Å²) in [6.45, 7) is 7.40. The van der Waals surface area contributed by atoms with E-state index < -0.39 is 97.5 Å². The molecule has 0 radical (unpaired) electrons. The van der Waals surface area contributed by atoms with Crippen molar-refractivity contribution in [1.82, 2.24) is 0 Å². The highest BCUT2D eigenvalue weighted by molar-refractivity contribution is 7.47. The highest BCUT2D eigenvalue weighted by atomic mass is 31.2. The number of ether oxygens (including phenoxy) is 4. The lowest BCUT2D eigenvalue weighted by molar-refractivity contribution is -0.161. The Balaban J connectivity index is 5.19. The molecule has 0 aromatic rings. The fourth-order valence-electron chi connectivity index (χ4n) is 13.1. The van der Waals surface area contributed by atoms with Gasteiger partial charge in [-0.1, -0.05) is 401 Å². The molecule has 0 aromatic carbocycles. The molecule has 0 rings (SSSR count). The zero-order chi connectivity index (χ0) is 75.5. The van der Waals surface area contributed by atoms with Crippen LogP contribution < -0.4 is 0 Å². The van der Waals surface area contributed by atoms with Crippen molar-refractivity contribution in [1.29, 1.82) is 0 Å². The molecule has 0 aliphatic heterocycles. The maximum absolute atomic E-state index is 13.1. The number of phosphoric ester groups is 2. The predicted molar refractivity (Wildman–Crippen MR) is 423 cm³/mol. The van der Waals surface area contributed by atoms with E-state index in [9.17, 15) is 43.2 Å². The number of phosphoric acid groups is 2. The van der Waals surface area contributed by atoms with Crippen LogP contribution >= 0.6 is 15.6 Å². The fraction of sp³-hybridized carbons (Fsp3) is 0.952. The molecule has 6 atom stereocenters. The number of esters is 4. The zero-order valence-electron chi connectivity index (χ0n) is 67.5. The van der Waals surface area contributed by atoms with E-state index >= 15 is 0 Å². The molecule has 0 aliphatic rings. The standard InChI is InChI=1S/C84H164O17P2/c1-6-10-13-16-19-22-24-26-27-28-29-33-36-40-43-48-53-58-63-68-82(87)95-74-80(101-84(89)70-65-60-55-50-45-41-37-34-31-30-32-35-39-42-47-51-56-61-66-77(5)9-4)76-99-103(92,93)97-72-78(85)71-96-102(90,91)98-75-79(73-94-81(86)67-62-57-52-46-21-18-15-12-8-3)100-83(88)69-64-59-54-49-44-38-25-23-20-17-14-11-7-2/h77-80,85H,6-76H2,1-5H3,(H,90,91)(H,92,93)/t77?,78-,79+,80+/m0/s1. The monoisotopic (exact) mass is 1510 g/mol. The minimum Gasteiger partial charge on any atom is -0.462 e. The number of aliphatic hydroxyl groups excluding tert-OH is 1. The van der Waals surface area contributed by atoms with Crippen LogP contribution in [-0.4, -0.2) is 96.7 Å². The van der Waals surface area contributed by atoms with Crippen LogP contribution in [-0.2, 0) is 65.4 Å². The molecule has 103 heavy (non-hydrogen) atoms. The SMILES string of the molecule is CCCCCCCCCCCCCCCCCCCCCC(=O)OC[C@H](COP(=O)(O)OC[C@@H](O)COP(=O)(O)OC[C@@H](COC(=O)CCCCCCCCCCC)OC(=O)CCCCCCCCCCCCCCC)OC(=O)CCCCCCCCCCCCCCCCCCCCC(C)CC. The summed E-state index contributed by atoms with van der Waals surface area (Å²) >= 11 is 0. The molecule has 0 fully saturated rings. The molecule has 0 bridgehead atoms. The molecular weight excluding hydrogens is 1340 g/mol. The molecule has 0 aliphatic carbocycles. The van der Waals surface area contributed by atoms with E-state index in [0.29, 0.717) is 25.7 Å². The van der Waals surface area contributed by atoms with Crippen molar-refractivity contribution in [3.63, 3.8) is 0 Å². The molecule has 0 spiro atoms. The van der Waals surface area contributed by atoms with Gasteiger partial charge in [0.15, 0.2) is 12.2 Å². The normalized spacial score (nSPS) is 14.1. The summed E-state index contributed by atoms with van der Waals surface area (Å²) < 4.78 is 68.8. The van der Waals surface area contributed by atoms with Gasteiger partial charge >= 0.3 is 39.5 Å². The van der Waals surface area contributed by atoms with Crippen LogP contribution in [0.2, 0.25) is 0 Å². The summed E-state index contributed by atoms with van der Waals surface area (Å²) in [6, 6.07) is 0. The Labute approximate surface area is 632 Å². The maximum Gasteiger partial charge on any atom is 0.472 e. The van der Waals surface area contributed by atoms with Gasteiger partial charge in [-0.15, -0.1) is 0 Å². The Hall–Kier alpha value is -1.94. The summed E-state index contributed by atoms with van der Waals surface area (Å²) in [5.41, 5.74) is 0. The molecule has 17 nitrogen and oxygen atoms in total. The number of rotatable bonds is 84. The minimum atomic E-state index is -4.96. The highest BCUT2D eigenvalue weighted by Gasteiger charge is 2.30. The van der Waals surface area contributed by atoms with Gasteiger partial charge in [-0.25, -0.2) is 9.13 Å². The average molecular weight is 1510 g/mol. The van der Waals surface area contributed by atoms with Gasteiger partial charge in [0.25, 0.3) is 0 Å². The Morgan fingerprint density at radius 3 is 0.689 bits per heavy atom. The van der Waals surface area contributed by atoms with E-state index in [4.69, 9.17) is 37.0 Å². The van der Waals surface area contributed by atoms with Crippen molar-refractivity contribution in [2.45, 2.75) is 470 Å². The van der Waals surface area contributed by atoms with Crippen molar-refractivity contribution >= 4 is 39.5 Å². The topological polar surface area (TPSA) is 237 Å². The lowest BCUT2D eigenvalue weighted by Crippen LogP contribution is -2.30. The van der Waals surface area contributed by atoms with Crippen molar-refractivity contribution in [2.75, 3.05) is 39.6 Å². The Bertz CT molecular complexity index is 1960. The lowest BCUT2D eigenvalue weighted by Gasteiger charge is -2.21. The molecule has 612 valence electrons. The maximum atomic E-state index is 13.1. The van der Waals surface area contributed by atoms with Gasteiger partial charge < -0.3 is 33.8 Å². The van der Waals surface area contributed by atoms with Gasteiger partial charge in [-0.3, -0.25) is 37.3 Å². The summed E-state index contributed by atoms with van der Waals surface area (Å²) in [5.74, 6) is -1.23. The Kier molecular flexibility index (Phi) is 75.4. The van der Waals surface area contributed by atoms with E-state index in [1.54, 1.807) is 0 Å². The van der Waals surface area contributed by atoms with E-state index in [1.807, 2.05) is 0 Å². The summed E-state index contributed by atoms with van der Waals surface area (Å²) in [4.78, 5) is 73.0. The van der Waals surface area contributed by atoms with Crippen molar-refractivity contribution in [3.05, 3.63) is 0 Å². The summed E-state index contributed by atoms with van der Waals surface area (Å²) in [5, 5.41) is 10.6. The minimum absolute atomic E-state index is 0.108. The lowest BCUT2D eigenvalue weighted by atomic mass is 9.99. The third-order valence-corrected chi connectivity index (χ3v) is 22.0. The molecule has 3 N–H and O–H groups in total. The Morgan fingerprint density at radius 1 is 0.272 bits per heavy atom. The van der Waals surface area contributed by atoms with Gasteiger partial charge in [0.05, 0.1) is 26.4 Å². The molecule has 0 heterocycles. The van der Waals surface area contributed by atoms with E-state index in [-0.39, 0.29) is 25.7 Å². The third-order valence-electron chi connectivity index (χ3n) is 20.1. The number of unbranched alkanes of at least 4 members (excludes halogenated alkanes) is 55.